The summed E-state index contributed by atoms with van der Waals surface area (Å²) in [5, 5.41) is 8.21. The number of carbonyl (C=O) groups excluding carboxylic acids is 2. The molecule has 1 aliphatic rings. The zero-order chi connectivity index (χ0) is 27.7. The summed E-state index contributed by atoms with van der Waals surface area (Å²) in [5.74, 6) is 0.728. The molecule has 3 aromatic carbocycles. The lowest BCUT2D eigenvalue weighted by Gasteiger charge is -2.43. The Morgan fingerprint density at radius 1 is 1.05 bits per heavy atom. The van der Waals surface area contributed by atoms with Crippen molar-refractivity contribution in [1.82, 2.24) is 15.1 Å². The fourth-order valence-electron chi connectivity index (χ4n) is 4.90. The third kappa shape index (κ3) is 4.83. The number of benzene rings is 3. The van der Waals surface area contributed by atoms with Gasteiger partial charge in [0.1, 0.15) is 22.7 Å². The fraction of sp³-hybridized carbons (Fsp3) is 0.233. The standard InChI is InChI=1S/C30H29ClN4O4/c1-19-9-12-22(31)15-25(19)35-28(36)26-16-24(20-10-13-23(38-3)14-11-20)33-34(26)18-30(35,2)29(37)32-17-21-7-5-6-8-27(21)39-4/h5-16H,17-18H2,1-4H3,(H,32,37)/t30-/m1/s1. The lowest BCUT2D eigenvalue weighted by Crippen LogP contribution is -2.64. The van der Waals surface area contributed by atoms with Crippen LogP contribution < -0.4 is 19.7 Å². The van der Waals surface area contributed by atoms with Crippen LogP contribution in [0.1, 0.15) is 28.5 Å². The molecular formula is C30H29ClN4O4. The molecule has 0 saturated heterocycles. The van der Waals surface area contributed by atoms with Crippen molar-refractivity contribution >= 4 is 29.1 Å². The summed E-state index contributed by atoms with van der Waals surface area (Å²) in [6, 6.07) is 22.0. The summed E-state index contributed by atoms with van der Waals surface area (Å²) in [6.45, 7) is 4.02. The van der Waals surface area contributed by atoms with Gasteiger partial charge in [-0.2, -0.15) is 5.10 Å². The number of rotatable bonds is 7. The molecular weight excluding hydrogens is 516 g/mol. The molecule has 2 heterocycles. The minimum absolute atomic E-state index is 0.147. The number of hydrogen-bond donors (Lipinski definition) is 1. The van der Waals surface area contributed by atoms with Gasteiger partial charge in [0.25, 0.3) is 5.91 Å². The molecule has 39 heavy (non-hydrogen) atoms. The number of aromatic nitrogens is 2. The van der Waals surface area contributed by atoms with Gasteiger partial charge in [0.05, 0.1) is 26.5 Å². The van der Waals surface area contributed by atoms with E-state index in [1.54, 1.807) is 48.9 Å². The maximum atomic E-state index is 14.1. The van der Waals surface area contributed by atoms with Gasteiger partial charge >= 0.3 is 0 Å². The number of nitrogens with one attached hydrogen (secondary N) is 1. The summed E-state index contributed by atoms with van der Waals surface area (Å²) in [7, 11) is 3.19. The Labute approximate surface area is 232 Å². The van der Waals surface area contributed by atoms with Crippen molar-refractivity contribution in [1.29, 1.82) is 0 Å². The number of hydrogen-bond acceptors (Lipinski definition) is 5. The van der Waals surface area contributed by atoms with Crippen molar-refractivity contribution in [2.24, 2.45) is 0 Å². The van der Waals surface area contributed by atoms with E-state index in [4.69, 9.17) is 26.2 Å². The topological polar surface area (TPSA) is 85.7 Å². The van der Waals surface area contributed by atoms with Crippen LogP contribution in [0.2, 0.25) is 5.02 Å². The van der Waals surface area contributed by atoms with E-state index in [1.807, 2.05) is 61.5 Å². The fourth-order valence-corrected chi connectivity index (χ4v) is 5.07. The van der Waals surface area contributed by atoms with Crippen LogP contribution in [0.25, 0.3) is 11.3 Å². The summed E-state index contributed by atoms with van der Waals surface area (Å²) in [5.41, 5.74) is 2.76. The molecule has 0 saturated carbocycles. The third-order valence-electron chi connectivity index (χ3n) is 7.07. The predicted octanol–water partition coefficient (Wildman–Crippen LogP) is 5.26. The number of carbonyl (C=O) groups is 2. The van der Waals surface area contributed by atoms with Gasteiger partial charge in [-0.1, -0.05) is 35.9 Å². The molecule has 0 bridgehead atoms. The van der Waals surface area contributed by atoms with E-state index in [-0.39, 0.29) is 24.9 Å². The van der Waals surface area contributed by atoms with Gasteiger partial charge in [-0.05, 0) is 67.9 Å². The highest BCUT2D eigenvalue weighted by Gasteiger charge is 2.49. The third-order valence-corrected chi connectivity index (χ3v) is 7.31. The quantitative estimate of drug-likeness (QED) is 0.343. The first kappa shape index (κ1) is 26.3. The summed E-state index contributed by atoms with van der Waals surface area (Å²) < 4.78 is 12.3. The number of anilines is 1. The summed E-state index contributed by atoms with van der Waals surface area (Å²) in [6.07, 6.45) is 0. The van der Waals surface area contributed by atoms with Crippen molar-refractivity contribution in [3.05, 3.63) is 94.6 Å². The monoisotopic (exact) mass is 544 g/mol. The first-order valence-electron chi connectivity index (χ1n) is 12.5. The average molecular weight is 545 g/mol. The zero-order valence-corrected chi connectivity index (χ0v) is 23.0. The molecule has 0 unspecified atom stereocenters. The number of fused-ring (bicyclic) bond motifs is 1. The second kappa shape index (κ2) is 10.5. The van der Waals surface area contributed by atoms with Gasteiger partial charge in [0.2, 0.25) is 5.91 Å². The maximum absolute atomic E-state index is 14.1. The van der Waals surface area contributed by atoms with Gasteiger partial charge in [-0.25, -0.2) is 0 Å². The minimum Gasteiger partial charge on any atom is -0.497 e. The first-order valence-corrected chi connectivity index (χ1v) is 12.9. The Kier molecular flexibility index (Phi) is 7.06. The molecule has 0 aliphatic carbocycles. The summed E-state index contributed by atoms with van der Waals surface area (Å²) >= 11 is 6.36. The van der Waals surface area contributed by atoms with E-state index in [0.29, 0.717) is 27.8 Å². The van der Waals surface area contributed by atoms with Crippen LogP contribution >= 0.6 is 11.6 Å². The van der Waals surface area contributed by atoms with Crippen LogP contribution in [0.4, 0.5) is 5.69 Å². The Morgan fingerprint density at radius 3 is 2.51 bits per heavy atom. The Bertz CT molecular complexity index is 1550. The Hall–Kier alpha value is -4.30. The highest BCUT2D eigenvalue weighted by Crippen LogP contribution is 2.37. The number of aryl methyl sites for hydroxylation is 1. The molecule has 4 aromatic rings. The predicted molar refractivity (Wildman–Crippen MR) is 150 cm³/mol. The van der Waals surface area contributed by atoms with Crippen molar-refractivity contribution in [2.45, 2.75) is 32.5 Å². The van der Waals surface area contributed by atoms with E-state index in [1.165, 1.54) is 0 Å². The lowest BCUT2D eigenvalue weighted by atomic mass is 9.93. The smallest absolute Gasteiger partial charge is 0.277 e. The highest BCUT2D eigenvalue weighted by atomic mass is 35.5. The van der Waals surface area contributed by atoms with Crippen LogP contribution in [0.15, 0.2) is 72.8 Å². The van der Waals surface area contributed by atoms with E-state index in [2.05, 4.69) is 5.32 Å². The molecule has 9 heteroatoms. The van der Waals surface area contributed by atoms with Crippen LogP contribution in [-0.4, -0.2) is 41.4 Å². The van der Waals surface area contributed by atoms with Gasteiger partial charge < -0.3 is 14.8 Å². The normalized spacial score (nSPS) is 16.5. The Balaban J connectivity index is 1.55. The molecule has 2 amide bonds. The van der Waals surface area contributed by atoms with Crippen LogP contribution in [0.5, 0.6) is 11.5 Å². The number of amides is 2. The van der Waals surface area contributed by atoms with Crippen LogP contribution in [0, 0.1) is 6.92 Å². The van der Waals surface area contributed by atoms with Gasteiger partial charge in [-0.3, -0.25) is 19.2 Å². The number of ether oxygens (including phenoxy) is 2. The first-order chi connectivity index (χ1) is 18.7. The average Bonchev–Trinajstić information content (AvgIpc) is 3.37. The lowest BCUT2D eigenvalue weighted by molar-refractivity contribution is -0.126. The molecule has 0 radical (unpaired) electrons. The SMILES string of the molecule is COc1ccc(-c2cc3n(n2)C[C@](C)(C(=O)NCc2ccccc2OC)N(c2cc(Cl)ccc2C)C3=O)cc1. The maximum Gasteiger partial charge on any atom is 0.277 e. The number of methoxy groups -OCH3 is 2. The molecule has 1 N–H and O–H groups in total. The number of para-hydroxylation sites is 1. The van der Waals surface area contributed by atoms with Gasteiger partial charge in [-0.15, -0.1) is 0 Å². The molecule has 0 fully saturated rings. The van der Waals surface area contributed by atoms with Crippen molar-refractivity contribution in [2.75, 3.05) is 19.1 Å². The van der Waals surface area contributed by atoms with Gasteiger partial charge in [0, 0.05) is 28.4 Å². The van der Waals surface area contributed by atoms with Crippen molar-refractivity contribution in [3.63, 3.8) is 0 Å². The van der Waals surface area contributed by atoms with Crippen molar-refractivity contribution < 1.29 is 19.1 Å². The molecule has 0 spiro atoms. The van der Waals surface area contributed by atoms with Crippen LogP contribution in [-0.2, 0) is 17.9 Å². The second-order valence-corrected chi connectivity index (χ2v) is 10.1. The van der Waals surface area contributed by atoms with Gasteiger partial charge in [0.15, 0.2) is 0 Å². The number of halogens is 1. The number of nitrogens with zero attached hydrogens (tertiary/aromatic N) is 3. The highest BCUT2D eigenvalue weighted by molar-refractivity contribution is 6.31. The molecule has 5 rings (SSSR count). The van der Waals surface area contributed by atoms with Crippen LogP contribution in [0.3, 0.4) is 0 Å². The molecule has 1 atom stereocenters. The second-order valence-electron chi connectivity index (χ2n) is 9.64. The summed E-state index contributed by atoms with van der Waals surface area (Å²) in [4.78, 5) is 29.6. The molecule has 8 nitrogen and oxygen atoms in total. The van der Waals surface area contributed by atoms with E-state index in [0.717, 1.165) is 22.4 Å². The Morgan fingerprint density at radius 2 is 1.79 bits per heavy atom. The molecule has 1 aliphatic heterocycles. The largest absolute Gasteiger partial charge is 0.497 e. The molecule has 200 valence electrons. The molecule has 1 aromatic heterocycles. The van der Waals surface area contributed by atoms with E-state index < -0.39 is 5.54 Å². The van der Waals surface area contributed by atoms with E-state index in [9.17, 15) is 9.59 Å². The van der Waals surface area contributed by atoms with E-state index >= 15 is 0 Å². The minimum atomic E-state index is -1.30. The zero-order valence-electron chi connectivity index (χ0n) is 22.2. The van der Waals surface area contributed by atoms with Crippen molar-refractivity contribution in [3.8, 4) is 22.8 Å².